The van der Waals surface area contributed by atoms with Gasteiger partial charge in [-0.1, -0.05) is 6.42 Å². The molecule has 4 rings (SSSR count). The average Bonchev–Trinajstić information content (AvgIpc) is 3.17. The van der Waals surface area contributed by atoms with Crippen LogP contribution in [0.2, 0.25) is 0 Å². The fourth-order valence-corrected chi connectivity index (χ4v) is 6.12. The van der Waals surface area contributed by atoms with Gasteiger partial charge >= 0.3 is 0 Å². The molecule has 132 valence electrons. The van der Waals surface area contributed by atoms with E-state index in [9.17, 15) is 8.42 Å². The van der Waals surface area contributed by atoms with E-state index in [0.29, 0.717) is 23.3 Å². The van der Waals surface area contributed by atoms with Gasteiger partial charge < -0.3 is 9.64 Å². The van der Waals surface area contributed by atoms with Gasteiger partial charge in [-0.2, -0.15) is 0 Å². The van der Waals surface area contributed by atoms with Crippen LogP contribution in [0.3, 0.4) is 0 Å². The van der Waals surface area contributed by atoms with Crippen molar-refractivity contribution in [3.63, 3.8) is 0 Å². The summed E-state index contributed by atoms with van der Waals surface area (Å²) < 4.78 is 34.2. The van der Waals surface area contributed by atoms with Crippen molar-refractivity contribution < 1.29 is 13.2 Å². The number of hydrogen-bond acceptors (Lipinski definition) is 4. The van der Waals surface area contributed by atoms with Crippen LogP contribution in [0, 0.1) is 17.8 Å². The molecule has 4 atom stereocenters. The van der Waals surface area contributed by atoms with E-state index in [1.807, 2.05) is 18.9 Å². The summed E-state index contributed by atoms with van der Waals surface area (Å²) in [6, 6.07) is 5.13. The third-order valence-corrected chi connectivity index (χ3v) is 7.67. The summed E-state index contributed by atoms with van der Waals surface area (Å²) in [5.74, 6) is 2.77. The maximum Gasteiger partial charge on any atom is 0.240 e. The molecule has 1 aromatic carbocycles. The van der Waals surface area contributed by atoms with Gasteiger partial charge in [0.1, 0.15) is 12.4 Å². The van der Waals surface area contributed by atoms with Crippen molar-refractivity contribution >= 4 is 15.7 Å². The van der Waals surface area contributed by atoms with Crippen molar-refractivity contribution in [1.82, 2.24) is 4.72 Å². The Bertz CT molecular complexity index is 734. The molecule has 0 amide bonds. The summed E-state index contributed by atoms with van der Waals surface area (Å²) in [6.45, 7) is 3.43. The molecule has 4 unspecified atom stereocenters. The van der Waals surface area contributed by atoms with E-state index in [-0.39, 0.29) is 6.04 Å². The summed E-state index contributed by atoms with van der Waals surface area (Å²) in [6.07, 6.45) is 5.06. The number of rotatable bonds is 4. The van der Waals surface area contributed by atoms with Crippen LogP contribution >= 0.6 is 0 Å². The zero-order chi connectivity index (χ0) is 16.9. The highest BCUT2D eigenvalue weighted by Crippen LogP contribution is 2.49. The molecule has 1 aliphatic heterocycles. The lowest BCUT2D eigenvalue weighted by atomic mass is 9.84. The van der Waals surface area contributed by atoms with Crippen molar-refractivity contribution in [3.05, 3.63) is 18.2 Å². The molecule has 2 fully saturated rings. The summed E-state index contributed by atoms with van der Waals surface area (Å²) >= 11 is 0. The van der Waals surface area contributed by atoms with Gasteiger partial charge in [0.15, 0.2) is 0 Å². The number of benzene rings is 1. The monoisotopic (exact) mass is 350 g/mol. The minimum Gasteiger partial charge on any atom is -0.490 e. The van der Waals surface area contributed by atoms with Crippen molar-refractivity contribution in [1.29, 1.82) is 0 Å². The second-order valence-electron chi connectivity index (χ2n) is 7.65. The Kier molecular flexibility index (Phi) is 4.00. The SMILES string of the molecule is CC(NS(=O)(=O)c1ccc2c(c1)N(C)CCO2)C1CC2CCC1C2. The number of fused-ring (bicyclic) bond motifs is 3. The topological polar surface area (TPSA) is 58.6 Å². The van der Waals surface area contributed by atoms with E-state index in [1.54, 1.807) is 18.2 Å². The van der Waals surface area contributed by atoms with Gasteiger partial charge in [-0.3, -0.25) is 0 Å². The Morgan fingerprint density at radius 1 is 1.29 bits per heavy atom. The van der Waals surface area contributed by atoms with Crippen LogP contribution in [0.1, 0.15) is 32.6 Å². The van der Waals surface area contributed by atoms with Crippen LogP contribution < -0.4 is 14.4 Å². The normalized spacial score (nSPS) is 30.1. The van der Waals surface area contributed by atoms with Crippen molar-refractivity contribution in [3.8, 4) is 5.75 Å². The molecule has 2 bridgehead atoms. The van der Waals surface area contributed by atoms with Gasteiger partial charge in [0.25, 0.3) is 0 Å². The van der Waals surface area contributed by atoms with Crippen molar-refractivity contribution in [2.75, 3.05) is 25.1 Å². The summed E-state index contributed by atoms with van der Waals surface area (Å²) in [5, 5.41) is 0. The largest absolute Gasteiger partial charge is 0.490 e. The Morgan fingerprint density at radius 3 is 2.83 bits per heavy atom. The molecule has 0 saturated heterocycles. The highest BCUT2D eigenvalue weighted by Gasteiger charge is 2.42. The predicted octanol–water partition coefficient (Wildman–Crippen LogP) is 2.62. The average molecular weight is 350 g/mol. The van der Waals surface area contributed by atoms with Crippen molar-refractivity contribution in [2.24, 2.45) is 17.8 Å². The standard InChI is InChI=1S/C18H26N2O3S/c1-12(16-10-13-3-4-14(16)9-13)19-24(21,22)15-5-6-18-17(11-15)20(2)7-8-23-18/h5-6,11-14,16,19H,3-4,7-10H2,1-2H3. The van der Waals surface area contributed by atoms with Crippen LogP contribution in [0.4, 0.5) is 5.69 Å². The lowest BCUT2D eigenvalue weighted by Gasteiger charge is -2.29. The maximum absolute atomic E-state index is 12.8. The molecule has 0 aromatic heterocycles. The first-order chi connectivity index (χ1) is 11.4. The minimum absolute atomic E-state index is 0.00434. The van der Waals surface area contributed by atoms with Gasteiger partial charge in [-0.05, 0) is 62.1 Å². The fraction of sp³-hybridized carbons (Fsp3) is 0.667. The number of likely N-dealkylation sites (N-methyl/N-ethyl adjacent to an activating group) is 1. The number of nitrogens with one attached hydrogen (secondary N) is 1. The quantitative estimate of drug-likeness (QED) is 0.907. The Hall–Kier alpha value is -1.27. The molecule has 1 aromatic rings. The highest BCUT2D eigenvalue weighted by molar-refractivity contribution is 7.89. The van der Waals surface area contributed by atoms with Gasteiger partial charge in [-0.25, -0.2) is 13.1 Å². The predicted molar refractivity (Wildman–Crippen MR) is 93.9 cm³/mol. The molecule has 24 heavy (non-hydrogen) atoms. The lowest BCUT2D eigenvalue weighted by Crippen LogP contribution is -2.40. The molecule has 5 nitrogen and oxygen atoms in total. The molecule has 1 N–H and O–H groups in total. The van der Waals surface area contributed by atoms with E-state index in [2.05, 4.69) is 4.72 Å². The number of sulfonamides is 1. The molecule has 1 heterocycles. The van der Waals surface area contributed by atoms with Crippen molar-refractivity contribution in [2.45, 2.75) is 43.5 Å². The first-order valence-corrected chi connectivity index (χ1v) is 10.4. The van der Waals surface area contributed by atoms with E-state index in [4.69, 9.17) is 4.74 Å². The summed E-state index contributed by atoms with van der Waals surface area (Å²) in [5.41, 5.74) is 0.844. The zero-order valence-corrected chi connectivity index (χ0v) is 15.2. The van der Waals surface area contributed by atoms with Gasteiger partial charge in [-0.15, -0.1) is 0 Å². The number of nitrogens with zero attached hydrogens (tertiary/aromatic N) is 1. The van der Waals surface area contributed by atoms with Gasteiger partial charge in [0, 0.05) is 13.1 Å². The third-order valence-electron chi connectivity index (χ3n) is 6.11. The first-order valence-electron chi connectivity index (χ1n) is 8.94. The van der Waals surface area contributed by atoms with Crippen LogP contribution in [0.25, 0.3) is 0 Å². The second kappa shape index (κ2) is 5.92. The molecule has 6 heteroatoms. The molecule has 0 spiro atoms. The number of hydrogen-bond donors (Lipinski definition) is 1. The van der Waals surface area contributed by atoms with Crippen LogP contribution in [-0.4, -0.2) is 34.7 Å². The zero-order valence-electron chi connectivity index (χ0n) is 14.4. The first kappa shape index (κ1) is 16.2. The Morgan fingerprint density at radius 2 is 2.12 bits per heavy atom. The summed E-state index contributed by atoms with van der Waals surface area (Å²) in [4.78, 5) is 2.37. The van der Waals surface area contributed by atoms with Gasteiger partial charge in [0.2, 0.25) is 10.0 Å². The number of ether oxygens (including phenoxy) is 1. The Labute approximate surface area is 144 Å². The molecule has 3 aliphatic rings. The van der Waals surface area contributed by atoms with E-state index >= 15 is 0 Å². The Balaban J connectivity index is 1.53. The smallest absolute Gasteiger partial charge is 0.240 e. The minimum atomic E-state index is -3.50. The molecular formula is C18H26N2O3S. The van der Waals surface area contributed by atoms with E-state index in [1.165, 1.54) is 25.7 Å². The molecule has 2 aliphatic carbocycles. The fourth-order valence-electron chi connectivity index (χ4n) is 4.80. The van der Waals surface area contributed by atoms with Crippen LogP contribution in [0.15, 0.2) is 23.1 Å². The third kappa shape index (κ3) is 2.80. The maximum atomic E-state index is 12.8. The van der Waals surface area contributed by atoms with E-state index in [0.717, 1.165) is 23.9 Å². The highest BCUT2D eigenvalue weighted by atomic mass is 32.2. The molecular weight excluding hydrogens is 324 g/mol. The second-order valence-corrected chi connectivity index (χ2v) is 9.36. The van der Waals surface area contributed by atoms with Gasteiger partial charge in [0.05, 0.1) is 17.1 Å². The number of anilines is 1. The van der Waals surface area contributed by atoms with Crippen LogP contribution in [0.5, 0.6) is 5.75 Å². The summed E-state index contributed by atoms with van der Waals surface area (Å²) in [7, 11) is -1.54. The van der Waals surface area contributed by atoms with E-state index < -0.39 is 10.0 Å². The lowest BCUT2D eigenvalue weighted by molar-refractivity contribution is 0.280. The molecule has 0 radical (unpaired) electrons. The van der Waals surface area contributed by atoms with Crippen LogP contribution in [-0.2, 0) is 10.0 Å². The molecule has 2 saturated carbocycles.